The molecule has 0 saturated heterocycles. The predicted molar refractivity (Wildman–Crippen MR) is 128 cm³/mol. The van der Waals surface area contributed by atoms with Crippen LogP contribution in [0.4, 0.5) is 0 Å². The SMILES string of the molecule is [2H]c1cccc(-[c-]2cccc2)c1P(c1ccccc1)c1ccccc1.[Fe+2].c1cc[cH-]c1. The molecule has 0 heterocycles. The third kappa shape index (κ3) is 5.47. The maximum absolute atomic E-state index is 8.66. The maximum Gasteiger partial charge on any atom is 2.00 e. The minimum Gasteiger partial charge on any atom is -0.214 e. The van der Waals surface area contributed by atoms with Crippen LogP contribution in [0.15, 0.2) is 140 Å². The number of benzene rings is 3. The van der Waals surface area contributed by atoms with Crippen LogP contribution in [0, 0.1) is 0 Å². The summed E-state index contributed by atoms with van der Waals surface area (Å²) in [7, 11) is -0.780. The summed E-state index contributed by atoms with van der Waals surface area (Å²) in [5.41, 5.74) is 2.35. The van der Waals surface area contributed by atoms with Gasteiger partial charge in [-0.3, -0.25) is 0 Å². The smallest absolute Gasteiger partial charge is 0.214 e. The summed E-state index contributed by atoms with van der Waals surface area (Å²) >= 11 is 0. The Kier molecular flexibility index (Phi) is 7.88. The maximum atomic E-state index is 8.66. The molecule has 0 atom stereocenters. The van der Waals surface area contributed by atoms with E-state index in [1.54, 1.807) is 0 Å². The van der Waals surface area contributed by atoms with Gasteiger partial charge in [0.05, 0.1) is 1.37 Å². The molecule has 0 amide bonds. The minimum atomic E-state index is -0.780. The Labute approximate surface area is 192 Å². The van der Waals surface area contributed by atoms with Gasteiger partial charge in [0.2, 0.25) is 0 Å². The Hall–Kier alpha value is -2.69. The van der Waals surface area contributed by atoms with E-state index in [9.17, 15) is 0 Å². The molecule has 0 nitrogen and oxygen atoms in total. The zero-order valence-electron chi connectivity index (χ0n) is 17.5. The van der Waals surface area contributed by atoms with Crippen LogP contribution in [0.1, 0.15) is 1.37 Å². The molecule has 0 fully saturated rings. The summed E-state index contributed by atoms with van der Waals surface area (Å²) < 4.78 is 8.66. The molecule has 0 N–H and O–H groups in total. The fourth-order valence-electron chi connectivity index (χ4n) is 3.28. The second kappa shape index (κ2) is 11.5. The van der Waals surface area contributed by atoms with Gasteiger partial charge in [0.15, 0.2) is 0 Å². The van der Waals surface area contributed by atoms with Crippen LogP contribution in [0.25, 0.3) is 11.1 Å². The third-order valence-electron chi connectivity index (χ3n) is 4.62. The van der Waals surface area contributed by atoms with E-state index in [0.717, 1.165) is 10.9 Å². The van der Waals surface area contributed by atoms with E-state index in [2.05, 4.69) is 78.9 Å². The fraction of sp³-hybridized carbons (Fsp3) is 0. The average molecular weight is 447 g/mol. The molecular weight excluding hydrogens is 423 g/mol. The van der Waals surface area contributed by atoms with E-state index in [4.69, 9.17) is 1.37 Å². The largest absolute Gasteiger partial charge is 2.00 e. The van der Waals surface area contributed by atoms with Crippen LogP contribution >= 0.6 is 7.92 Å². The first-order valence-electron chi connectivity index (χ1n) is 10.2. The standard InChI is InChI=1S/C23H18P.C5H5.Fe/c1-3-13-20(14-4-1)24(21-15-5-2-6-16-21)23-18-10-9-17-22(23)19-11-7-8-12-19;1-2-4-5-3-1;/h1-18H;1-5H;/q2*-1;+2/i18D;;. The summed E-state index contributed by atoms with van der Waals surface area (Å²) in [6.45, 7) is 0. The minimum absolute atomic E-state index is 0. The van der Waals surface area contributed by atoms with Crippen molar-refractivity contribution in [1.29, 1.82) is 0 Å². The fourth-order valence-corrected chi connectivity index (χ4v) is 5.68. The van der Waals surface area contributed by atoms with Gasteiger partial charge >= 0.3 is 17.1 Å². The topological polar surface area (TPSA) is 0 Å². The van der Waals surface area contributed by atoms with Gasteiger partial charge in [0.1, 0.15) is 0 Å². The van der Waals surface area contributed by atoms with Crippen molar-refractivity contribution in [2.24, 2.45) is 0 Å². The van der Waals surface area contributed by atoms with Crippen molar-refractivity contribution in [3.63, 3.8) is 0 Å². The van der Waals surface area contributed by atoms with Gasteiger partial charge < -0.3 is 0 Å². The van der Waals surface area contributed by atoms with E-state index < -0.39 is 7.92 Å². The van der Waals surface area contributed by atoms with Gasteiger partial charge in [-0.1, -0.05) is 89.7 Å². The summed E-state index contributed by atoms with van der Waals surface area (Å²) in [6.07, 6.45) is 0. The molecule has 0 aliphatic heterocycles. The molecule has 0 aliphatic rings. The van der Waals surface area contributed by atoms with Gasteiger partial charge in [-0.05, 0) is 18.5 Å². The molecule has 0 aliphatic carbocycles. The van der Waals surface area contributed by atoms with E-state index in [1.165, 1.54) is 16.2 Å². The quantitative estimate of drug-likeness (QED) is 0.174. The predicted octanol–water partition coefficient (Wildman–Crippen LogP) is 6.23. The van der Waals surface area contributed by atoms with Gasteiger partial charge in [-0.25, -0.2) is 12.1 Å². The molecule has 0 bridgehead atoms. The Morgan fingerprint density at radius 1 is 0.633 bits per heavy atom. The zero-order valence-corrected chi connectivity index (χ0v) is 18.5. The van der Waals surface area contributed by atoms with Gasteiger partial charge in [0.25, 0.3) is 0 Å². The van der Waals surface area contributed by atoms with Crippen molar-refractivity contribution < 1.29 is 18.4 Å². The average Bonchev–Trinajstić information content (AvgIpc) is 3.54. The van der Waals surface area contributed by atoms with Crippen molar-refractivity contribution >= 4 is 23.8 Å². The van der Waals surface area contributed by atoms with Crippen LogP contribution < -0.4 is 15.9 Å². The van der Waals surface area contributed by atoms with Crippen LogP contribution in [-0.2, 0) is 17.1 Å². The van der Waals surface area contributed by atoms with Crippen molar-refractivity contribution in [2.75, 3.05) is 0 Å². The van der Waals surface area contributed by atoms with Crippen LogP contribution in [-0.4, -0.2) is 0 Å². The van der Waals surface area contributed by atoms with Gasteiger partial charge in [0, 0.05) is 0 Å². The van der Waals surface area contributed by atoms with E-state index in [0.29, 0.717) is 6.04 Å². The molecule has 5 rings (SSSR count). The number of rotatable bonds is 4. The summed E-state index contributed by atoms with van der Waals surface area (Å²) in [5.74, 6) is 0. The second-order valence-corrected chi connectivity index (χ2v) is 8.73. The molecule has 0 aromatic heterocycles. The molecule has 5 aromatic rings. The molecule has 0 spiro atoms. The van der Waals surface area contributed by atoms with E-state index in [1.807, 2.05) is 54.6 Å². The number of hydrogen-bond donors (Lipinski definition) is 0. The van der Waals surface area contributed by atoms with Gasteiger partial charge in [-0.2, -0.15) is 30.3 Å². The molecule has 148 valence electrons. The summed E-state index contributed by atoms with van der Waals surface area (Å²) in [4.78, 5) is 0. The Balaban J connectivity index is 0.000000401. The second-order valence-electron chi connectivity index (χ2n) is 6.57. The molecule has 0 radical (unpaired) electrons. The zero-order chi connectivity index (χ0) is 20.6. The molecule has 0 unspecified atom stereocenters. The Morgan fingerprint density at radius 3 is 1.67 bits per heavy atom. The normalized spacial score (nSPS) is 10.5. The number of hydrogen-bond acceptors (Lipinski definition) is 0. The van der Waals surface area contributed by atoms with Crippen LogP contribution in [0.5, 0.6) is 0 Å². The van der Waals surface area contributed by atoms with Crippen molar-refractivity contribution in [1.82, 2.24) is 0 Å². The molecule has 0 saturated carbocycles. The van der Waals surface area contributed by atoms with Crippen molar-refractivity contribution in [3.05, 3.63) is 140 Å². The Morgan fingerprint density at radius 2 is 1.17 bits per heavy atom. The Bertz CT molecular complexity index is 1080. The molecular formula is C28H23FeP. The monoisotopic (exact) mass is 447 g/mol. The van der Waals surface area contributed by atoms with E-state index in [-0.39, 0.29) is 17.1 Å². The van der Waals surface area contributed by atoms with E-state index >= 15 is 0 Å². The molecule has 2 heteroatoms. The van der Waals surface area contributed by atoms with Crippen LogP contribution in [0.3, 0.4) is 0 Å². The first-order valence-corrected chi connectivity index (χ1v) is 11.1. The van der Waals surface area contributed by atoms with Crippen molar-refractivity contribution in [2.45, 2.75) is 0 Å². The summed E-state index contributed by atoms with van der Waals surface area (Å²) in [6, 6.07) is 46.2. The third-order valence-corrected chi connectivity index (χ3v) is 7.06. The first-order chi connectivity index (χ1) is 14.8. The molecule has 5 aromatic carbocycles. The summed E-state index contributed by atoms with van der Waals surface area (Å²) in [5, 5.41) is 3.67. The van der Waals surface area contributed by atoms with Gasteiger partial charge in [-0.15, -0.1) is 23.8 Å². The van der Waals surface area contributed by atoms with Crippen molar-refractivity contribution in [3.8, 4) is 11.1 Å². The molecule has 30 heavy (non-hydrogen) atoms. The first kappa shape index (κ1) is 20.6. The van der Waals surface area contributed by atoms with Crippen LogP contribution in [0.2, 0.25) is 0 Å².